The molecule has 1 saturated heterocycles. The van der Waals surface area contributed by atoms with E-state index in [4.69, 9.17) is 10.5 Å². The van der Waals surface area contributed by atoms with Crippen LogP contribution in [0.2, 0.25) is 0 Å². The lowest BCUT2D eigenvalue weighted by Gasteiger charge is -2.38. The summed E-state index contributed by atoms with van der Waals surface area (Å²) in [6.45, 7) is 2.13. The average molecular weight is 416 g/mol. The number of nitrogens with zero attached hydrogens (tertiary/aromatic N) is 1. The monoisotopic (exact) mass is 416 g/mol. The number of rotatable bonds is 8. The lowest BCUT2D eigenvalue weighted by molar-refractivity contribution is -0.141. The second kappa shape index (κ2) is 8.62. The Morgan fingerprint density at radius 2 is 2.00 bits per heavy atom. The molecule has 2 aliphatic rings. The molecule has 0 aromatic heterocycles. The number of piperidine rings is 1. The maximum absolute atomic E-state index is 13.1. The largest absolute Gasteiger partial charge is 0.483 e. The van der Waals surface area contributed by atoms with Gasteiger partial charge in [-0.2, -0.15) is 0 Å². The zero-order valence-electron chi connectivity index (χ0n) is 16.7. The first-order valence-corrected chi connectivity index (χ1v) is 9.75. The van der Waals surface area contributed by atoms with E-state index in [0.717, 1.165) is 17.7 Å². The SMILES string of the molecule is C[C@@]1(N2C(=O)c3cccc(OCC(=O)NCCCCN)c3C2=O)CCC(=O)NC1=O. The van der Waals surface area contributed by atoms with Crippen LogP contribution in [0.15, 0.2) is 18.2 Å². The van der Waals surface area contributed by atoms with Crippen molar-refractivity contribution in [2.75, 3.05) is 19.7 Å². The van der Waals surface area contributed by atoms with Gasteiger partial charge in [0.1, 0.15) is 11.3 Å². The summed E-state index contributed by atoms with van der Waals surface area (Å²) in [5, 5.41) is 4.87. The Morgan fingerprint density at radius 3 is 2.70 bits per heavy atom. The fraction of sp³-hybridized carbons (Fsp3) is 0.450. The van der Waals surface area contributed by atoms with E-state index in [-0.39, 0.29) is 42.2 Å². The molecule has 1 aromatic rings. The number of nitrogens with one attached hydrogen (secondary N) is 2. The third kappa shape index (κ3) is 3.90. The fourth-order valence-electron chi connectivity index (χ4n) is 3.52. The van der Waals surface area contributed by atoms with Crippen LogP contribution in [0, 0.1) is 0 Å². The molecule has 30 heavy (non-hydrogen) atoms. The molecule has 0 radical (unpaired) electrons. The van der Waals surface area contributed by atoms with E-state index in [1.807, 2.05) is 0 Å². The maximum Gasteiger partial charge on any atom is 0.266 e. The predicted octanol–water partition coefficient (Wildman–Crippen LogP) is -0.288. The highest BCUT2D eigenvalue weighted by molar-refractivity contribution is 6.25. The summed E-state index contributed by atoms with van der Waals surface area (Å²) in [5.74, 6) is -2.76. The van der Waals surface area contributed by atoms with Gasteiger partial charge < -0.3 is 15.8 Å². The molecule has 0 spiro atoms. The van der Waals surface area contributed by atoms with Crippen LogP contribution in [0.1, 0.15) is 53.3 Å². The second-order valence-corrected chi connectivity index (χ2v) is 7.41. The van der Waals surface area contributed by atoms with Gasteiger partial charge in [-0.25, -0.2) is 0 Å². The van der Waals surface area contributed by atoms with Crippen LogP contribution in [-0.4, -0.2) is 59.7 Å². The highest BCUT2D eigenvalue weighted by atomic mass is 16.5. The van der Waals surface area contributed by atoms with E-state index in [1.54, 1.807) is 0 Å². The number of carbonyl (C=O) groups is 5. The van der Waals surface area contributed by atoms with Crippen LogP contribution in [0.5, 0.6) is 5.75 Å². The number of fused-ring (bicyclic) bond motifs is 1. The predicted molar refractivity (Wildman–Crippen MR) is 105 cm³/mol. The molecule has 2 heterocycles. The summed E-state index contributed by atoms with van der Waals surface area (Å²) in [6, 6.07) is 4.49. The molecule has 0 aliphatic carbocycles. The van der Waals surface area contributed by atoms with Gasteiger partial charge in [0.05, 0.1) is 11.1 Å². The second-order valence-electron chi connectivity index (χ2n) is 7.41. The minimum Gasteiger partial charge on any atom is -0.483 e. The van der Waals surface area contributed by atoms with Crippen LogP contribution < -0.4 is 21.1 Å². The third-order valence-electron chi connectivity index (χ3n) is 5.26. The van der Waals surface area contributed by atoms with Gasteiger partial charge in [0, 0.05) is 13.0 Å². The third-order valence-corrected chi connectivity index (χ3v) is 5.26. The van der Waals surface area contributed by atoms with Crippen molar-refractivity contribution in [2.24, 2.45) is 5.73 Å². The van der Waals surface area contributed by atoms with E-state index in [0.29, 0.717) is 13.1 Å². The summed E-state index contributed by atoms with van der Waals surface area (Å²) in [6.07, 6.45) is 1.58. The Kier molecular flexibility index (Phi) is 6.16. The number of unbranched alkanes of at least 4 members (excludes halogenated alkanes) is 1. The van der Waals surface area contributed by atoms with E-state index < -0.39 is 29.2 Å². The van der Waals surface area contributed by atoms with Crippen molar-refractivity contribution in [3.63, 3.8) is 0 Å². The smallest absolute Gasteiger partial charge is 0.266 e. The molecule has 2 aliphatic heterocycles. The van der Waals surface area contributed by atoms with E-state index in [2.05, 4.69) is 10.6 Å². The quantitative estimate of drug-likeness (QED) is 0.390. The Hall–Kier alpha value is -3.27. The molecule has 10 nitrogen and oxygen atoms in total. The van der Waals surface area contributed by atoms with Gasteiger partial charge in [0.25, 0.3) is 23.6 Å². The number of hydrogen-bond acceptors (Lipinski definition) is 7. The molecular weight excluding hydrogens is 392 g/mol. The Bertz CT molecular complexity index is 915. The molecule has 1 atom stereocenters. The summed E-state index contributed by atoms with van der Waals surface area (Å²) in [7, 11) is 0. The van der Waals surface area contributed by atoms with Crippen molar-refractivity contribution >= 4 is 29.5 Å². The Labute approximate surface area is 173 Å². The van der Waals surface area contributed by atoms with Crippen LogP contribution >= 0.6 is 0 Å². The molecule has 1 aromatic carbocycles. The van der Waals surface area contributed by atoms with Crippen LogP contribution in [0.3, 0.4) is 0 Å². The summed E-state index contributed by atoms with van der Waals surface area (Å²) in [4.78, 5) is 62.8. The molecule has 10 heteroatoms. The first-order valence-electron chi connectivity index (χ1n) is 9.75. The lowest BCUT2D eigenvalue weighted by atomic mass is 9.89. The number of imide groups is 2. The van der Waals surface area contributed by atoms with Gasteiger partial charge in [-0.1, -0.05) is 6.07 Å². The number of amides is 5. The van der Waals surface area contributed by atoms with Crippen molar-refractivity contribution in [3.05, 3.63) is 29.3 Å². The minimum atomic E-state index is -1.49. The first kappa shape index (κ1) is 21.4. The van der Waals surface area contributed by atoms with Gasteiger partial charge in [0.15, 0.2) is 6.61 Å². The first-order chi connectivity index (χ1) is 14.3. The summed E-state index contributed by atoms with van der Waals surface area (Å²) < 4.78 is 5.51. The van der Waals surface area contributed by atoms with Gasteiger partial charge in [-0.05, 0) is 44.9 Å². The number of carbonyl (C=O) groups excluding carboxylic acids is 5. The van der Waals surface area contributed by atoms with Crippen molar-refractivity contribution in [1.29, 1.82) is 0 Å². The van der Waals surface area contributed by atoms with Crippen LogP contribution in [-0.2, 0) is 14.4 Å². The average Bonchev–Trinajstić information content (AvgIpc) is 2.98. The molecule has 4 N–H and O–H groups in total. The number of nitrogens with two attached hydrogens (primary N) is 1. The topological polar surface area (TPSA) is 148 Å². The summed E-state index contributed by atoms with van der Waals surface area (Å²) in [5.41, 5.74) is 4.01. The lowest BCUT2D eigenvalue weighted by Crippen LogP contribution is -2.62. The Balaban J connectivity index is 1.76. The molecule has 1 fully saturated rings. The van der Waals surface area contributed by atoms with E-state index >= 15 is 0 Å². The van der Waals surface area contributed by atoms with Gasteiger partial charge in [-0.15, -0.1) is 0 Å². The number of hydrogen-bond donors (Lipinski definition) is 3. The molecule has 5 amide bonds. The minimum absolute atomic E-state index is 0.00403. The van der Waals surface area contributed by atoms with Crippen LogP contribution in [0.25, 0.3) is 0 Å². The fourth-order valence-corrected chi connectivity index (χ4v) is 3.52. The van der Waals surface area contributed by atoms with Crippen molar-refractivity contribution in [1.82, 2.24) is 15.5 Å². The Morgan fingerprint density at radius 1 is 1.23 bits per heavy atom. The molecule has 0 unspecified atom stereocenters. The molecule has 0 bridgehead atoms. The molecular formula is C20H24N4O6. The van der Waals surface area contributed by atoms with Crippen LogP contribution in [0.4, 0.5) is 0 Å². The highest BCUT2D eigenvalue weighted by Gasteiger charge is 2.53. The highest BCUT2D eigenvalue weighted by Crippen LogP contribution is 2.37. The zero-order valence-corrected chi connectivity index (χ0v) is 16.7. The van der Waals surface area contributed by atoms with Crippen molar-refractivity contribution in [3.8, 4) is 5.75 Å². The normalized spacial score (nSPS) is 20.8. The van der Waals surface area contributed by atoms with Crippen molar-refractivity contribution < 1.29 is 28.7 Å². The summed E-state index contributed by atoms with van der Waals surface area (Å²) >= 11 is 0. The van der Waals surface area contributed by atoms with Gasteiger partial charge in [-0.3, -0.25) is 34.2 Å². The van der Waals surface area contributed by atoms with Crippen molar-refractivity contribution in [2.45, 2.75) is 38.1 Å². The number of benzene rings is 1. The van der Waals surface area contributed by atoms with E-state index in [9.17, 15) is 24.0 Å². The standard InChI is InChI=1S/C20H24N4O6/c1-20(8-7-14(25)23-19(20)29)24-17(27)12-5-4-6-13(16(12)18(24)28)30-11-15(26)22-10-3-2-9-21/h4-6H,2-3,7-11,21H2,1H3,(H,22,26)(H,23,25,29)/t20-/m1/s1. The number of ether oxygens (including phenoxy) is 1. The van der Waals surface area contributed by atoms with Gasteiger partial charge in [0.2, 0.25) is 5.91 Å². The molecule has 160 valence electrons. The molecule has 3 rings (SSSR count). The zero-order chi connectivity index (χ0) is 21.9. The van der Waals surface area contributed by atoms with Gasteiger partial charge >= 0.3 is 0 Å². The maximum atomic E-state index is 13.1. The van der Waals surface area contributed by atoms with E-state index in [1.165, 1.54) is 25.1 Å². The molecule has 0 saturated carbocycles.